The van der Waals surface area contributed by atoms with Gasteiger partial charge in [0.15, 0.2) is 6.10 Å². The average Bonchev–Trinajstić information content (AvgIpc) is 2.64. The fraction of sp³-hybridized carbons (Fsp3) is 0.333. The van der Waals surface area contributed by atoms with Crippen LogP contribution in [0.15, 0.2) is 18.2 Å². The van der Waals surface area contributed by atoms with Crippen LogP contribution in [0.4, 0.5) is 5.69 Å². The number of fused-ring (bicyclic) bond motifs is 1. The molecule has 0 aliphatic heterocycles. The van der Waals surface area contributed by atoms with E-state index in [1.165, 1.54) is 7.11 Å². The van der Waals surface area contributed by atoms with Crippen molar-refractivity contribution in [3.63, 3.8) is 0 Å². The maximum Gasteiger partial charge on any atom is 0.346 e. The quantitative estimate of drug-likeness (QED) is 0.650. The standard InChI is InChI=1S/C12H15N3O3/c1-7(12(16)17-3)18-11-9-6-8(13)4-5-10(9)15(2)14-11/h4-7H,13H2,1-3H3. The highest BCUT2D eigenvalue weighted by Gasteiger charge is 2.18. The Hall–Kier alpha value is -2.24. The van der Waals surface area contributed by atoms with Gasteiger partial charge in [-0.05, 0) is 25.1 Å². The Labute approximate surface area is 104 Å². The molecule has 0 saturated heterocycles. The van der Waals surface area contributed by atoms with Gasteiger partial charge in [-0.15, -0.1) is 5.10 Å². The second-order valence-corrected chi connectivity index (χ2v) is 3.99. The van der Waals surface area contributed by atoms with Gasteiger partial charge in [-0.3, -0.25) is 4.68 Å². The van der Waals surface area contributed by atoms with E-state index < -0.39 is 12.1 Å². The van der Waals surface area contributed by atoms with Crippen molar-refractivity contribution in [2.45, 2.75) is 13.0 Å². The molecule has 96 valence electrons. The van der Waals surface area contributed by atoms with Crippen molar-refractivity contribution in [3.05, 3.63) is 18.2 Å². The summed E-state index contributed by atoms with van der Waals surface area (Å²) in [5, 5.41) is 4.99. The number of rotatable bonds is 3. The summed E-state index contributed by atoms with van der Waals surface area (Å²) in [5.74, 6) is -0.0737. The lowest BCUT2D eigenvalue weighted by Crippen LogP contribution is -2.25. The number of nitrogen functional groups attached to an aromatic ring is 1. The number of nitrogens with two attached hydrogens (primary N) is 1. The Balaban J connectivity index is 2.39. The lowest BCUT2D eigenvalue weighted by atomic mass is 10.2. The highest BCUT2D eigenvalue weighted by Crippen LogP contribution is 2.27. The number of aromatic nitrogens is 2. The van der Waals surface area contributed by atoms with Crippen LogP contribution in [0.1, 0.15) is 6.92 Å². The number of benzene rings is 1. The van der Waals surface area contributed by atoms with Crippen molar-refractivity contribution in [2.24, 2.45) is 7.05 Å². The lowest BCUT2D eigenvalue weighted by Gasteiger charge is -2.09. The fourth-order valence-electron chi connectivity index (χ4n) is 1.72. The molecule has 1 atom stereocenters. The van der Waals surface area contributed by atoms with Gasteiger partial charge in [0.1, 0.15) is 0 Å². The topological polar surface area (TPSA) is 79.4 Å². The summed E-state index contributed by atoms with van der Waals surface area (Å²) in [6.45, 7) is 1.61. The summed E-state index contributed by atoms with van der Waals surface area (Å²) in [6, 6.07) is 5.41. The minimum absolute atomic E-state index is 0.373. The van der Waals surface area contributed by atoms with Crippen LogP contribution >= 0.6 is 0 Å². The molecule has 0 radical (unpaired) electrons. The molecule has 6 nitrogen and oxygen atoms in total. The third-order valence-corrected chi connectivity index (χ3v) is 2.66. The zero-order chi connectivity index (χ0) is 13.3. The van der Waals surface area contributed by atoms with Crippen LogP contribution < -0.4 is 10.5 Å². The number of esters is 1. The van der Waals surface area contributed by atoms with Crippen molar-refractivity contribution in [1.29, 1.82) is 0 Å². The summed E-state index contributed by atoms with van der Waals surface area (Å²) in [7, 11) is 3.12. The SMILES string of the molecule is COC(=O)C(C)Oc1nn(C)c2ccc(N)cc12. The van der Waals surface area contributed by atoms with Crippen molar-refractivity contribution in [2.75, 3.05) is 12.8 Å². The summed E-state index contributed by atoms with van der Waals surface area (Å²) in [6.07, 6.45) is -0.713. The van der Waals surface area contributed by atoms with E-state index in [1.54, 1.807) is 30.8 Å². The number of carbonyl (C=O) groups excluding carboxylic acids is 1. The van der Waals surface area contributed by atoms with Gasteiger partial charge in [0.05, 0.1) is 18.0 Å². The predicted molar refractivity (Wildman–Crippen MR) is 67.2 cm³/mol. The van der Waals surface area contributed by atoms with E-state index in [4.69, 9.17) is 10.5 Å². The molecule has 2 rings (SSSR count). The van der Waals surface area contributed by atoms with Gasteiger partial charge in [-0.1, -0.05) is 0 Å². The zero-order valence-electron chi connectivity index (χ0n) is 10.5. The van der Waals surface area contributed by atoms with E-state index in [0.717, 1.165) is 10.9 Å². The van der Waals surface area contributed by atoms with Gasteiger partial charge in [-0.25, -0.2) is 4.79 Å². The van der Waals surface area contributed by atoms with E-state index in [0.29, 0.717) is 11.6 Å². The van der Waals surface area contributed by atoms with E-state index in [-0.39, 0.29) is 0 Å². The first kappa shape index (κ1) is 12.2. The van der Waals surface area contributed by atoms with Crippen molar-refractivity contribution < 1.29 is 14.3 Å². The van der Waals surface area contributed by atoms with Crippen LogP contribution in [0.5, 0.6) is 5.88 Å². The fourth-order valence-corrected chi connectivity index (χ4v) is 1.72. The molecule has 0 bridgehead atoms. The molecule has 0 amide bonds. The van der Waals surface area contributed by atoms with Crippen LogP contribution in [-0.2, 0) is 16.6 Å². The van der Waals surface area contributed by atoms with Crippen LogP contribution in [0.25, 0.3) is 10.9 Å². The summed E-state index contributed by atoms with van der Waals surface area (Å²) < 4.78 is 11.8. The van der Waals surface area contributed by atoms with Gasteiger partial charge in [0.2, 0.25) is 5.88 Å². The van der Waals surface area contributed by atoms with Crippen molar-refractivity contribution >= 4 is 22.6 Å². The van der Waals surface area contributed by atoms with Gasteiger partial charge < -0.3 is 15.2 Å². The normalized spacial score (nSPS) is 12.4. The van der Waals surface area contributed by atoms with Crippen LogP contribution in [0.2, 0.25) is 0 Å². The highest BCUT2D eigenvalue weighted by molar-refractivity contribution is 5.87. The molecule has 6 heteroatoms. The number of anilines is 1. The maximum atomic E-state index is 11.3. The number of nitrogens with zero attached hydrogens (tertiary/aromatic N) is 2. The predicted octanol–water partition coefficient (Wildman–Crippen LogP) is 1.10. The number of hydrogen-bond donors (Lipinski definition) is 1. The molecule has 0 aliphatic carbocycles. The third kappa shape index (κ3) is 2.09. The average molecular weight is 249 g/mol. The number of ether oxygens (including phenoxy) is 2. The van der Waals surface area contributed by atoms with Gasteiger partial charge in [0.25, 0.3) is 0 Å². The van der Waals surface area contributed by atoms with E-state index in [1.807, 2.05) is 6.07 Å². The molecular weight excluding hydrogens is 234 g/mol. The van der Waals surface area contributed by atoms with Crippen molar-refractivity contribution in [3.8, 4) is 5.88 Å². The molecule has 1 aromatic heterocycles. The molecule has 18 heavy (non-hydrogen) atoms. The number of carbonyl (C=O) groups is 1. The van der Waals surface area contributed by atoms with E-state index in [9.17, 15) is 4.79 Å². The lowest BCUT2D eigenvalue weighted by molar-refractivity contribution is -0.148. The molecule has 0 fully saturated rings. The van der Waals surface area contributed by atoms with Crippen molar-refractivity contribution in [1.82, 2.24) is 9.78 Å². The first-order valence-corrected chi connectivity index (χ1v) is 5.49. The number of aryl methyl sites for hydroxylation is 1. The first-order valence-electron chi connectivity index (χ1n) is 5.49. The minimum atomic E-state index is -0.713. The van der Waals surface area contributed by atoms with E-state index in [2.05, 4.69) is 9.84 Å². The molecule has 0 aliphatic rings. The molecule has 1 heterocycles. The molecule has 2 aromatic rings. The molecule has 0 spiro atoms. The van der Waals surface area contributed by atoms with Gasteiger partial charge in [0, 0.05) is 12.7 Å². The number of methoxy groups -OCH3 is 1. The van der Waals surface area contributed by atoms with E-state index >= 15 is 0 Å². The zero-order valence-corrected chi connectivity index (χ0v) is 10.5. The third-order valence-electron chi connectivity index (χ3n) is 2.66. The Morgan fingerprint density at radius 3 is 2.89 bits per heavy atom. The minimum Gasteiger partial charge on any atom is -0.466 e. The Bertz CT molecular complexity index is 592. The Morgan fingerprint density at radius 1 is 1.50 bits per heavy atom. The highest BCUT2D eigenvalue weighted by atomic mass is 16.6. The molecule has 2 N–H and O–H groups in total. The smallest absolute Gasteiger partial charge is 0.346 e. The van der Waals surface area contributed by atoms with Crippen LogP contribution in [-0.4, -0.2) is 29.0 Å². The van der Waals surface area contributed by atoms with Gasteiger partial charge >= 0.3 is 5.97 Å². The summed E-state index contributed by atoms with van der Waals surface area (Å²) in [5.41, 5.74) is 7.24. The second kappa shape index (κ2) is 4.56. The van der Waals surface area contributed by atoms with Crippen LogP contribution in [0, 0.1) is 0 Å². The second-order valence-electron chi connectivity index (χ2n) is 3.99. The molecule has 0 saturated carbocycles. The summed E-state index contributed by atoms with van der Waals surface area (Å²) >= 11 is 0. The monoisotopic (exact) mass is 249 g/mol. The first-order chi connectivity index (χ1) is 8.52. The Kier molecular flexibility index (Phi) is 3.10. The largest absolute Gasteiger partial charge is 0.466 e. The molecular formula is C12H15N3O3. The summed E-state index contributed by atoms with van der Waals surface area (Å²) in [4.78, 5) is 11.3. The maximum absolute atomic E-state index is 11.3. The number of hydrogen-bond acceptors (Lipinski definition) is 5. The van der Waals surface area contributed by atoms with Gasteiger partial charge in [-0.2, -0.15) is 0 Å². The molecule has 1 aromatic carbocycles. The van der Waals surface area contributed by atoms with Crippen LogP contribution in [0.3, 0.4) is 0 Å². The Morgan fingerprint density at radius 2 is 2.22 bits per heavy atom. The molecule has 1 unspecified atom stereocenters.